The van der Waals surface area contributed by atoms with Crippen LogP contribution in [0, 0.1) is 5.82 Å². The van der Waals surface area contributed by atoms with Crippen LogP contribution in [-0.4, -0.2) is 60.0 Å². The van der Waals surface area contributed by atoms with Gasteiger partial charge < -0.3 is 20.3 Å². The fourth-order valence-electron chi connectivity index (χ4n) is 5.30. The van der Waals surface area contributed by atoms with Gasteiger partial charge in [-0.25, -0.2) is 18.7 Å². The first-order valence-electron chi connectivity index (χ1n) is 12.7. The second-order valence-corrected chi connectivity index (χ2v) is 9.59. The van der Waals surface area contributed by atoms with Gasteiger partial charge in [-0.3, -0.25) is 4.57 Å². The van der Waals surface area contributed by atoms with Gasteiger partial charge in [-0.05, 0) is 56.0 Å². The van der Waals surface area contributed by atoms with E-state index in [0.717, 1.165) is 50.4 Å². The molecular weight excluding hydrogens is 462 g/mol. The number of ether oxygens (including phenoxy) is 1. The Morgan fingerprint density at radius 3 is 2.50 bits per heavy atom. The molecule has 1 aliphatic carbocycles. The highest BCUT2D eigenvalue weighted by atomic mass is 19.1. The number of anilines is 2. The quantitative estimate of drug-likeness (QED) is 0.584. The lowest BCUT2D eigenvalue weighted by molar-refractivity contribution is 0.122. The van der Waals surface area contributed by atoms with E-state index in [2.05, 4.69) is 14.8 Å². The van der Waals surface area contributed by atoms with Crippen molar-refractivity contribution < 1.29 is 13.5 Å². The summed E-state index contributed by atoms with van der Waals surface area (Å²) >= 11 is 0. The average Bonchev–Trinajstić information content (AvgIpc) is 3.31. The second-order valence-electron chi connectivity index (χ2n) is 9.59. The Kier molecular flexibility index (Phi) is 6.18. The molecule has 2 N–H and O–H groups in total. The van der Waals surface area contributed by atoms with Crippen LogP contribution in [0.4, 0.5) is 20.2 Å². The van der Waals surface area contributed by atoms with E-state index in [-0.39, 0.29) is 5.82 Å². The summed E-state index contributed by atoms with van der Waals surface area (Å²) < 4.78 is 37.5. The van der Waals surface area contributed by atoms with E-state index < -0.39 is 11.9 Å². The maximum atomic E-state index is 15.8. The number of nitrogens with zero attached hydrogens (tertiary/aromatic N) is 5. The van der Waals surface area contributed by atoms with Gasteiger partial charge >= 0.3 is 0 Å². The van der Waals surface area contributed by atoms with Gasteiger partial charge in [0, 0.05) is 43.6 Å². The number of benzene rings is 1. The number of halogens is 2. The Bertz CT molecular complexity index is 1340. The molecule has 1 unspecified atom stereocenters. The number of aromatic nitrogens is 3. The fourth-order valence-corrected chi connectivity index (χ4v) is 5.30. The maximum Gasteiger partial charge on any atom is 0.167 e. The van der Waals surface area contributed by atoms with Gasteiger partial charge in [-0.2, -0.15) is 0 Å². The van der Waals surface area contributed by atoms with E-state index in [1.165, 1.54) is 12.5 Å². The smallest absolute Gasteiger partial charge is 0.167 e. The molecule has 0 radical (unpaired) electrons. The summed E-state index contributed by atoms with van der Waals surface area (Å²) in [4.78, 5) is 14.0. The van der Waals surface area contributed by atoms with Crippen molar-refractivity contribution in [3.8, 4) is 5.69 Å². The minimum atomic E-state index is -0.668. The molecule has 2 saturated heterocycles. The monoisotopic (exact) mass is 492 g/mol. The van der Waals surface area contributed by atoms with Crippen LogP contribution in [0.15, 0.2) is 48.4 Å². The van der Waals surface area contributed by atoms with Gasteiger partial charge in [-0.1, -0.05) is 6.08 Å². The first-order valence-corrected chi connectivity index (χ1v) is 12.7. The minimum absolute atomic E-state index is 0.331. The second kappa shape index (κ2) is 9.63. The van der Waals surface area contributed by atoms with E-state index in [4.69, 9.17) is 15.5 Å². The number of hydrogen-bond donors (Lipinski definition) is 1. The Morgan fingerprint density at radius 2 is 1.75 bits per heavy atom. The number of rotatable bonds is 4. The summed E-state index contributed by atoms with van der Waals surface area (Å²) in [5.41, 5.74) is 9.80. The molecule has 0 bridgehead atoms. The molecule has 3 aromatic rings. The molecule has 0 amide bonds. The molecule has 2 aliphatic heterocycles. The van der Waals surface area contributed by atoms with Crippen LogP contribution in [0.1, 0.15) is 31.5 Å². The first-order chi connectivity index (χ1) is 17.6. The molecule has 2 aromatic heterocycles. The van der Waals surface area contributed by atoms with Gasteiger partial charge in [0.05, 0.1) is 30.6 Å². The Labute approximate surface area is 208 Å². The van der Waals surface area contributed by atoms with E-state index in [1.54, 1.807) is 22.9 Å². The number of piperidine rings is 1. The molecule has 1 atom stereocenters. The zero-order valence-corrected chi connectivity index (χ0v) is 20.2. The molecule has 2 fully saturated rings. The van der Waals surface area contributed by atoms with Gasteiger partial charge in [0.1, 0.15) is 23.0 Å². The summed E-state index contributed by atoms with van der Waals surface area (Å²) in [7, 11) is 0. The lowest BCUT2D eigenvalue weighted by Gasteiger charge is -2.29. The van der Waals surface area contributed by atoms with Gasteiger partial charge in [0.25, 0.3) is 0 Å². The Morgan fingerprint density at radius 1 is 0.944 bits per heavy atom. The normalized spacial score (nSPS) is 21.0. The molecule has 9 heteroatoms. The number of fused-ring (bicyclic) bond motifs is 1. The molecule has 6 rings (SSSR count). The minimum Gasteiger partial charge on any atom is -0.378 e. The highest BCUT2D eigenvalue weighted by Crippen LogP contribution is 2.35. The fraction of sp³-hybridized carbons (Fsp3) is 0.407. The lowest BCUT2D eigenvalue weighted by atomic mass is 10.0. The number of pyridine rings is 1. The molecule has 1 aromatic carbocycles. The molecule has 4 heterocycles. The molecule has 0 spiro atoms. The van der Waals surface area contributed by atoms with Crippen molar-refractivity contribution in [2.75, 3.05) is 49.2 Å². The summed E-state index contributed by atoms with van der Waals surface area (Å²) in [6.45, 7) is 4.56. The van der Waals surface area contributed by atoms with Crippen molar-refractivity contribution in [3.63, 3.8) is 0 Å². The van der Waals surface area contributed by atoms with Crippen molar-refractivity contribution in [3.05, 3.63) is 60.1 Å². The molecule has 0 saturated carbocycles. The van der Waals surface area contributed by atoms with Gasteiger partial charge in [0.2, 0.25) is 0 Å². The summed E-state index contributed by atoms with van der Waals surface area (Å²) in [6.07, 6.45) is 8.82. The van der Waals surface area contributed by atoms with Crippen LogP contribution in [0.25, 0.3) is 22.4 Å². The third kappa shape index (κ3) is 4.16. The van der Waals surface area contributed by atoms with Crippen molar-refractivity contribution in [1.82, 2.24) is 14.5 Å². The van der Waals surface area contributed by atoms with Crippen LogP contribution < -0.4 is 15.5 Å². The van der Waals surface area contributed by atoms with Crippen molar-refractivity contribution in [2.45, 2.75) is 31.7 Å². The van der Waals surface area contributed by atoms with Crippen LogP contribution in [0.2, 0.25) is 0 Å². The maximum absolute atomic E-state index is 15.8. The number of hydrogen-bond acceptors (Lipinski definition) is 6. The summed E-state index contributed by atoms with van der Waals surface area (Å²) in [6, 6.07) is 6.52. The van der Waals surface area contributed by atoms with Crippen LogP contribution in [-0.2, 0) is 4.74 Å². The van der Waals surface area contributed by atoms with Crippen molar-refractivity contribution >= 4 is 28.1 Å². The van der Waals surface area contributed by atoms with Gasteiger partial charge in [0.15, 0.2) is 5.65 Å². The third-order valence-electron chi connectivity index (χ3n) is 7.27. The lowest BCUT2D eigenvalue weighted by Crippen LogP contribution is -2.36. The molecule has 36 heavy (non-hydrogen) atoms. The number of morpholine rings is 1. The molecular formula is C27H30F2N6O. The SMILES string of the molecule is NC1CC=C(c2nc3c(N4CCCCC4)ccnc3n2-c2ccc(N3CCOCC3)cc2F)C=C1F. The standard InChI is InChI=1S/C27H30F2N6O/c28-20-16-18(4-6-22(20)30)26-32-25-24(34-10-2-1-3-11-34)8-9-31-27(25)35(26)23-7-5-19(17-21(23)29)33-12-14-36-15-13-33/h4-5,7-9,16-17,22H,1-3,6,10-15,30H2. The third-order valence-corrected chi connectivity index (χ3v) is 7.27. The first kappa shape index (κ1) is 23.1. The zero-order valence-electron chi connectivity index (χ0n) is 20.2. The van der Waals surface area contributed by atoms with Gasteiger partial charge in [-0.15, -0.1) is 0 Å². The Balaban J connectivity index is 1.51. The van der Waals surface area contributed by atoms with Crippen LogP contribution in [0.5, 0.6) is 0 Å². The van der Waals surface area contributed by atoms with Crippen molar-refractivity contribution in [1.29, 1.82) is 0 Å². The van der Waals surface area contributed by atoms with E-state index in [0.29, 0.717) is 47.9 Å². The molecule has 3 aliphatic rings. The highest BCUT2D eigenvalue weighted by molar-refractivity contribution is 5.91. The number of allylic oxidation sites excluding steroid dienone is 2. The Hall–Kier alpha value is -3.30. The number of imidazole rings is 1. The van der Waals surface area contributed by atoms with E-state index in [1.807, 2.05) is 18.2 Å². The largest absolute Gasteiger partial charge is 0.378 e. The van der Waals surface area contributed by atoms with Crippen LogP contribution >= 0.6 is 0 Å². The van der Waals surface area contributed by atoms with Crippen LogP contribution in [0.3, 0.4) is 0 Å². The topological polar surface area (TPSA) is 72.4 Å². The molecule has 7 nitrogen and oxygen atoms in total. The summed E-state index contributed by atoms with van der Waals surface area (Å²) in [5, 5.41) is 0. The predicted molar refractivity (Wildman–Crippen MR) is 138 cm³/mol. The highest BCUT2D eigenvalue weighted by Gasteiger charge is 2.26. The number of nitrogens with two attached hydrogens (primary N) is 1. The van der Waals surface area contributed by atoms with E-state index in [9.17, 15) is 4.39 Å². The molecule has 188 valence electrons. The average molecular weight is 493 g/mol. The predicted octanol–water partition coefficient (Wildman–Crippen LogP) is 4.35. The summed E-state index contributed by atoms with van der Waals surface area (Å²) in [5.74, 6) is -0.331. The van der Waals surface area contributed by atoms with E-state index >= 15 is 4.39 Å². The zero-order chi connectivity index (χ0) is 24.6. The van der Waals surface area contributed by atoms with Crippen molar-refractivity contribution in [2.24, 2.45) is 5.73 Å².